The first kappa shape index (κ1) is 19.3. The van der Waals surface area contributed by atoms with Gasteiger partial charge in [-0.1, -0.05) is 11.6 Å². The molecule has 0 radical (unpaired) electrons. The minimum atomic E-state index is -1.17. The van der Waals surface area contributed by atoms with E-state index in [0.717, 1.165) is 10.1 Å². The van der Waals surface area contributed by atoms with Gasteiger partial charge in [0.2, 0.25) is 5.75 Å². The van der Waals surface area contributed by atoms with Crippen LogP contribution >= 0.6 is 0 Å². The molecule has 0 fully saturated rings. The number of aryl methyl sites for hydroxylation is 1. The van der Waals surface area contributed by atoms with Gasteiger partial charge in [-0.05, 0) is 38.1 Å². The van der Waals surface area contributed by atoms with Crippen LogP contribution in [0.1, 0.15) is 11.3 Å². The predicted octanol–water partition coefficient (Wildman–Crippen LogP) is 3.84. The van der Waals surface area contributed by atoms with Crippen LogP contribution in [-0.2, 0) is 0 Å². The summed E-state index contributed by atoms with van der Waals surface area (Å²) >= 11 is 0. The number of carbonyl (C=O) groups is 1. The molecule has 28 heavy (non-hydrogen) atoms. The predicted molar refractivity (Wildman–Crippen MR) is 106 cm³/mol. The Hall–Kier alpha value is -3.48. The van der Waals surface area contributed by atoms with Gasteiger partial charge in [0, 0.05) is 16.6 Å². The van der Waals surface area contributed by atoms with Gasteiger partial charge in [0.05, 0.1) is 32.4 Å². The van der Waals surface area contributed by atoms with Gasteiger partial charge in [0.1, 0.15) is 0 Å². The maximum atomic E-state index is 13.4. The third kappa shape index (κ3) is 2.85. The van der Waals surface area contributed by atoms with Crippen LogP contribution in [0.3, 0.4) is 0 Å². The van der Waals surface area contributed by atoms with E-state index in [-0.39, 0.29) is 11.0 Å². The molecule has 0 saturated carbocycles. The molecule has 1 aromatic heterocycles. The van der Waals surface area contributed by atoms with Gasteiger partial charge in [-0.2, -0.15) is 0 Å². The van der Waals surface area contributed by atoms with E-state index in [0.29, 0.717) is 39.4 Å². The number of fused-ring (bicyclic) bond motifs is 1. The number of hydrogen-bond acceptors (Lipinski definition) is 5. The van der Waals surface area contributed by atoms with Crippen LogP contribution in [0.2, 0.25) is 0 Å². The van der Waals surface area contributed by atoms with Crippen LogP contribution in [0.5, 0.6) is 17.2 Å². The maximum Gasteiger partial charge on any atom is 0.416 e. The summed E-state index contributed by atoms with van der Waals surface area (Å²) in [6, 6.07) is 8.42. The highest BCUT2D eigenvalue weighted by Gasteiger charge is 2.24. The van der Waals surface area contributed by atoms with Gasteiger partial charge in [-0.15, -0.1) is 0 Å². The summed E-state index contributed by atoms with van der Waals surface area (Å²) in [6.45, 7) is 3.45. The van der Waals surface area contributed by atoms with E-state index in [9.17, 15) is 14.7 Å². The first-order valence-electron chi connectivity index (χ1n) is 8.54. The third-order valence-corrected chi connectivity index (χ3v) is 4.73. The molecule has 0 aliphatic rings. The van der Waals surface area contributed by atoms with Gasteiger partial charge in [-0.3, -0.25) is 4.79 Å². The summed E-state index contributed by atoms with van der Waals surface area (Å²) in [5.74, 6) is 1.06. The smallest absolute Gasteiger partial charge is 0.416 e. The van der Waals surface area contributed by atoms with Crippen molar-refractivity contribution < 1.29 is 24.1 Å². The Kier molecular flexibility index (Phi) is 5.00. The molecule has 1 N–H and O–H groups in total. The second kappa shape index (κ2) is 7.26. The average Bonchev–Trinajstić information content (AvgIpc) is 2.67. The number of methoxy groups -OCH3 is 3. The van der Waals surface area contributed by atoms with Crippen LogP contribution in [0.15, 0.2) is 35.1 Å². The lowest BCUT2D eigenvalue weighted by atomic mass is 9.98. The van der Waals surface area contributed by atoms with Crippen molar-refractivity contribution in [3.63, 3.8) is 0 Å². The first-order chi connectivity index (χ1) is 13.3. The summed E-state index contributed by atoms with van der Waals surface area (Å²) in [6.07, 6.45) is -1.17. The first-order valence-corrected chi connectivity index (χ1v) is 8.54. The largest absolute Gasteiger partial charge is 0.493 e. The summed E-state index contributed by atoms with van der Waals surface area (Å²) in [5.41, 5.74) is 1.87. The molecule has 0 saturated heterocycles. The zero-order valence-corrected chi connectivity index (χ0v) is 16.3. The van der Waals surface area contributed by atoms with Crippen molar-refractivity contribution in [1.82, 2.24) is 4.57 Å². The Labute approximate surface area is 161 Å². The van der Waals surface area contributed by atoms with Crippen molar-refractivity contribution in [2.75, 3.05) is 21.3 Å². The molecule has 0 aliphatic carbocycles. The molecule has 0 spiro atoms. The van der Waals surface area contributed by atoms with Crippen molar-refractivity contribution in [1.29, 1.82) is 0 Å². The molecule has 3 aromatic rings. The lowest BCUT2D eigenvalue weighted by Gasteiger charge is -2.19. The van der Waals surface area contributed by atoms with E-state index in [2.05, 4.69) is 0 Å². The van der Waals surface area contributed by atoms with E-state index < -0.39 is 6.09 Å². The van der Waals surface area contributed by atoms with Crippen LogP contribution in [0.4, 0.5) is 4.79 Å². The number of carboxylic acid groups (broad SMARTS) is 1. The Morgan fingerprint density at radius 1 is 0.964 bits per heavy atom. The second-order valence-electron chi connectivity index (χ2n) is 6.31. The molecular formula is C21H21NO6. The molecular weight excluding hydrogens is 362 g/mol. The van der Waals surface area contributed by atoms with E-state index >= 15 is 0 Å². The molecule has 3 rings (SSSR count). The number of pyridine rings is 1. The summed E-state index contributed by atoms with van der Waals surface area (Å²) < 4.78 is 17.3. The number of rotatable bonds is 4. The molecule has 0 atom stereocenters. The third-order valence-electron chi connectivity index (χ3n) is 4.73. The molecule has 1 heterocycles. The molecule has 0 amide bonds. The fraction of sp³-hybridized carbons (Fsp3) is 0.238. The number of nitrogens with zero attached hydrogens (tertiary/aromatic N) is 1. The summed E-state index contributed by atoms with van der Waals surface area (Å²) in [5, 5.41) is 10.1. The number of ether oxygens (including phenoxy) is 3. The summed E-state index contributed by atoms with van der Waals surface area (Å²) in [4.78, 5) is 25.3. The zero-order chi connectivity index (χ0) is 20.6. The summed E-state index contributed by atoms with van der Waals surface area (Å²) in [7, 11) is 4.42. The highest BCUT2D eigenvalue weighted by molar-refractivity contribution is 5.94. The fourth-order valence-electron chi connectivity index (χ4n) is 3.48. The van der Waals surface area contributed by atoms with Gasteiger partial charge >= 0.3 is 6.09 Å². The van der Waals surface area contributed by atoms with Gasteiger partial charge in [0.15, 0.2) is 16.9 Å². The maximum absolute atomic E-state index is 13.4. The van der Waals surface area contributed by atoms with E-state index in [1.165, 1.54) is 21.3 Å². The van der Waals surface area contributed by atoms with Crippen LogP contribution in [-0.4, -0.2) is 37.1 Å². The molecule has 7 nitrogen and oxygen atoms in total. The highest BCUT2D eigenvalue weighted by atomic mass is 16.5. The van der Waals surface area contributed by atoms with Crippen LogP contribution in [0, 0.1) is 13.8 Å². The number of hydrogen-bond donors (Lipinski definition) is 1. The monoisotopic (exact) mass is 383 g/mol. The lowest BCUT2D eigenvalue weighted by Crippen LogP contribution is -2.21. The standard InChI is InChI=1S/C21H21NO6/c1-11-6-8-15-14(10-11)18(23)17(12(2)22(15)21(24)25)13-7-9-16(26-3)20(28-5)19(13)27-4/h6-10H,1-5H3,(H,24,25). The van der Waals surface area contributed by atoms with Gasteiger partial charge < -0.3 is 19.3 Å². The Balaban J connectivity index is 2.52. The van der Waals surface area contributed by atoms with E-state index in [4.69, 9.17) is 14.2 Å². The zero-order valence-electron chi connectivity index (χ0n) is 16.3. The van der Waals surface area contributed by atoms with Crippen molar-refractivity contribution in [3.05, 3.63) is 51.8 Å². The van der Waals surface area contributed by atoms with E-state index in [1.54, 1.807) is 37.3 Å². The lowest BCUT2D eigenvalue weighted by molar-refractivity contribution is 0.197. The Morgan fingerprint density at radius 3 is 2.21 bits per heavy atom. The van der Waals surface area contributed by atoms with Crippen molar-refractivity contribution >= 4 is 17.0 Å². The molecule has 0 bridgehead atoms. The minimum absolute atomic E-state index is 0.235. The van der Waals surface area contributed by atoms with Crippen molar-refractivity contribution in [3.8, 4) is 28.4 Å². The SMILES string of the molecule is COc1ccc(-c2c(C)n(C(=O)O)c3ccc(C)cc3c2=O)c(OC)c1OC. The second-order valence-corrected chi connectivity index (χ2v) is 6.31. The molecule has 0 aliphatic heterocycles. The topological polar surface area (TPSA) is 87.0 Å². The highest BCUT2D eigenvalue weighted by Crippen LogP contribution is 2.44. The van der Waals surface area contributed by atoms with Crippen molar-refractivity contribution in [2.45, 2.75) is 13.8 Å². The molecule has 2 aromatic carbocycles. The van der Waals surface area contributed by atoms with Gasteiger partial charge in [-0.25, -0.2) is 9.36 Å². The molecule has 146 valence electrons. The van der Waals surface area contributed by atoms with Crippen molar-refractivity contribution in [2.24, 2.45) is 0 Å². The van der Waals surface area contributed by atoms with Crippen LogP contribution < -0.4 is 19.6 Å². The fourth-order valence-corrected chi connectivity index (χ4v) is 3.48. The van der Waals surface area contributed by atoms with Crippen LogP contribution in [0.25, 0.3) is 22.0 Å². The Morgan fingerprint density at radius 2 is 1.64 bits per heavy atom. The number of aromatic nitrogens is 1. The van der Waals surface area contributed by atoms with Gasteiger partial charge in [0.25, 0.3) is 0 Å². The average molecular weight is 383 g/mol. The molecule has 0 unspecified atom stereocenters. The minimum Gasteiger partial charge on any atom is -0.493 e. The normalized spacial score (nSPS) is 10.8. The molecule has 7 heteroatoms. The van der Waals surface area contributed by atoms with E-state index in [1.807, 2.05) is 6.92 Å². The number of benzene rings is 2. The quantitative estimate of drug-likeness (QED) is 0.737. The Bertz CT molecular complexity index is 1150.